The van der Waals surface area contributed by atoms with Crippen molar-refractivity contribution in [3.63, 3.8) is 0 Å². The Morgan fingerprint density at radius 2 is 1.67 bits per heavy atom. The predicted molar refractivity (Wildman–Crippen MR) is 75.8 cm³/mol. The third-order valence-electron chi connectivity index (χ3n) is 2.63. The summed E-state index contributed by atoms with van der Waals surface area (Å²) in [6, 6.07) is 17.6. The number of hydrogen-bond acceptors (Lipinski definition) is 2. The first kappa shape index (κ1) is 13.1. The maximum Gasteiger partial charge on any atom is 0.126 e. The molecule has 2 rings (SSSR count). The van der Waals surface area contributed by atoms with Crippen LogP contribution in [0.3, 0.4) is 0 Å². The molecule has 0 aromatic heterocycles. The molecule has 2 aromatic carbocycles. The van der Waals surface area contributed by atoms with Gasteiger partial charge in [-0.2, -0.15) is 0 Å². The zero-order valence-electron chi connectivity index (χ0n) is 9.92. The van der Waals surface area contributed by atoms with Gasteiger partial charge in [-0.1, -0.05) is 46.3 Å². The van der Waals surface area contributed by atoms with E-state index in [2.05, 4.69) is 15.9 Å². The van der Waals surface area contributed by atoms with Gasteiger partial charge in [0.1, 0.15) is 11.9 Å². The normalized spacial score (nSPS) is 12.1. The van der Waals surface area contributed by atoms with Gasteiger partial charge in [0.25, 0.3) is 0 Å². The van der Waals surface area contributed by atoms with E-state index in [0.717, 1.165) is 15.8 Å². The standard InChI is InChI=1S/C15H15BrO2/c16-13-6-8-14(9-7-13)18-15(11-17)10-12-4-2-1-3-5-12/h1-9,15,17H,10-11H2. The van der Waals surface area contributed by atoms with Crippen LogP contribution in [0.15, 0.2) is 59.1 Å². The van der Waals surface area contributed by atoms with E-state index in [9.17, 15) is 5.11 Å². The van der Waals surface area contributed by atoms with Gasteiger partial charge < -0.3 is 9.84 Å². The van der Waals surface area contributed by atoms with E-state index in [-0.39, 0.29) is 12.7 Å². The molecule has 0 aliphatic carbocycles. The van der Waals surface area contributed by atoms with E-state index >= 15 is 0 Å². The van der Waals surface area contributed by atoms with Gasteiger partial charge in [0, 0.05) is 10.9 Å². The molecule has 0 saturated heterocycles. The second-order valence-corrected chi connectivity index (χ2v) is 4.98. The van der Waals surface area contributed by atoms with Gasteiger partial charge >= 0.3 is 0 Å². The first-order valence-electron chi connectivity index (χ1n) is 5.85. The van der Waals surface area contributed by atoms with E-state index < -0.39 is 0 Å². The Kier molecular flexibility index (Phi) is 4.79. The molecule has 1 N–H and O–H groups in total. The Bertz CT molecular complexity index is 468. The first-order valence-corrected chi connectivity index (χ1v) is 6.64. The molecule has 0 spiro atoms. The minimum absolute atomic E-state index is 0.00492. The van der Waals surface area contributed by atoms with Crippen LogP contribution in [0.25, 0.3) is 0 Å². The molecular formula is C15H15BrO2. The molecular weight excluding hydrogens is 292 g/mol. The average Bonchev–Trinajstić information content (AvgIpc) is 2.41. The van der Waals surface area contributed by atoms with Crippen molar-refractivity contribution in [3.05, 3.63) is 64.6 Å². The highest BCUT2D eigenvalue weighted by Gasteiger charge is 2.10. The van der Waals surface area contributed by atoms with Crippen LogP contribution in [0.2, 0.25) is 0 Å². The summed E-state index contributed by atoms with van der Waals surface area (Å²) in [6.07, 6.45) is 0.488. The fourth-order valence-electron chi connectivity index (χ4n) is 1.73. The van der Waals surface area contributed by atoms with Crippen LogP contribution in [-0.4, -0.2) is 17.8 Å². The molecule has 94 valence electrons. The topological polar surface area (TPSA) is 29.5 Å². The highest BCUT2D eigenvalue weighted by Crippen LogP contribution is 2.18. The lowest BCUT2D eigenvalue weighted by atomic mass is 10.1. The number of hydrogen-bond donors (Lipinski definition) is 1. The second-order valence-electron chi connectivity index (χ2n) is 4.07. The zero-order valence-corrected chi connectivity index (χ0v) is 11.5. The Hall–Kier alpha value is -1.32. The molecule has 0 bridgehead atoms. The Morgan fingerprint density at radius 3 is 2.28 bits per heavy atom. The summed E-state index contributed by atoms with van der Waals surface area (Å²) in [6.45, 7) is 0.00492. The average molecular weight is 307 g/mol. The molecule has 0 amide bonds. The van der Waals surface area contributed by atoms with Crippen LogP contribution in [0.1, 0.15) is 5.56 Å². The molecule has 0 aliphatic rings. The van der Waals surface area contributed by atoms with Crippen LogP contribution in [0, 0.1) is 0 Å². The van der Waals surface area contributed by atoms with Crippen molar-refractivity contribution in [1.82, 2.24) is 0 Å². The molecule has 2 nitrogen and oxygen atoms in total. The lowest BCUT2D eigenvalue weighted by Gasteiger charge is -2.17. The molecule has 2 aromatic rings. The van der Waals surface area contributed by atoms with Crippen molar-refractivity contribution in [2.24, 2.45) is 0 Å². The Balaban J connectivity index is 1.99. The highest BCUT2D eigenvalue weighted by atomic mass is 79.9. The lowest BCUT2D eigenvalue weighted by Crippen LogP contribution is -2.23. The van der Waals surface area contributed by atoms with E-state index in [1.807, 2.05) is 54.6 Å². The lowest BCUT2D eigenvalue weighted by molar-refractivity contribution is 0.116. The Labute approximate surface area is 115 Å². The fraction of sp³-hybridized carbons (Fsp3) is 0.200. The monoisotopic (exact) mass is 306 g/mol. The van der Waals surface area contributed by atoms with Gasteiger partial charge in [-0.25, -0.2) is 0 Å². The Morgan fingerprint density at radius 1 is 1.00 bits per heavy atom. The van der Waals surface area contributed by atoms with Crippen LogP contribution in [-0.2, 0) is 6.42 Å². The molecule has 18 heavy (non-hydrogen) atoms. The van der Waals surface area contributed by atoms with E-state index in [0.29, 0.717) is 6.42 Å². The van der Waals surface area contributed by atoms with Crippen LogP contribution in [0.4, 0.5) is 0 Å². The smallest absolute Gasteiger partial charge is 0.126 e. The van der Waals surface area contributed by atoms with Gasteiger partial charge in [-0.3, -0.25) is 0 Å². The number of rotatable bonds is 5. The summed E-state index contributed by atoms with van der Waals surface area (Å²) in [7, 11) is 0. The van der Waals surface area contributed by atoms with Crippen molar-refractivity contribution in [2.75, 3.05) is 6.61 Å². The molecule has 0 heterocycles. The van der Waals surface area contributed by atoms with E-state index in [1.165, 1.54) is 0 Å². The summed E-state index contributed by atoms with van der Waals surface area (Å²) >= 11 is 3.38. The summed E-state index contributed by atoms with van der Waals surface area (Å²) in [5, 5.41) is 9.37. The molecule has 0 saturated carbocycles. The highest BCUT2D eigenvalue weighted by molar-refractivity contribution is 9.10. The minimum atomic E-state index is -0.214. The third-order valence-corrected chi connectivity index (χ3v) is 3.15. The van der Waals surface area contributed by atoms with Crippen molar-refractivity contribution in [3.8, 4) is 5.75 Å². The number of aliphatic hydroxyl groups excluding tert-OH is 1. The van der Waals surface area contributed by atoms with Crippen molar-refractivity contribution in [2.45, 2.75) is 12.5 Å². The summed E-state index contributed by atoms with van der Waals surface area (Å²) in [5.41, 5.74) is 1.16. The van der Waals surface area contributed by atoms with Gasteiger partial charge in [-0.15, -0.1) is 0 Å². The molecule has 1 unspecified atom stereocenters. The summed E-state index contributed by atoms with van der Waals surface area (Å²) in [5.74, 6) is 0.771. The largest absolute Gasteiger partial charge is 0.488 e. The fourth-order valence-corrected chi connectivity index (χ4v) is 1.99. The molecule has 1 atom stereocenters. The first-order chi connectivity index (χ1) is 8.78. The summed E-state index contributed by atoms with van der Waals surface area (Å²) < 4.78 is 6.76. The molecule has 0 radical (unpaired) electrons. The number of ether oxygens (including phenoxy) is 1. The van der Waals surface area contributed by atoms with Crippen LogP contribution >= 0.6 is 15.9 Å². The predicted octanol–water partition coefficient (Wildman–Crippen LogP) is 3.43. The van der Waals surface area contributed by atoms with Crippen LogP contribution < -0.4 is 4.74 Å². The van der Waals surface area contributed by atoms with E-state index in [4.69, 9.17) is 4.74 Å². The number of halogens is 1. The summed E-state index contributed by atoms with van der Waals surface area (Å²) in [4.78, 5) is 0. The SMILES string of the molecule is OCC(Cc1ccccc1)Oc1ccc(Br)cc1. The third kappa shape index (κ3) is 3.86. The van der Waals surface area contributed by atoms with Crippen molar-refractivity contribution in [1.29, 1.82) is 0 Å². The molecule has 0 aliphatic heterocycles. The number of aliphatic hydroxyl groups is 1. The molecule has 0 fully saturated rings. The van der Waals surface area contributed by atoms with Gasteiger partial charge in [0.05, 0.1) is 6.61 Å². The van der Waals surface area contributed by atoms with Crippen LogP contribution in [0.5, 0.6) is 5.75 Å². The van der Waals surface area contributed by atoms with Crippen molar-refractivity contribution >= 4 is 15.9 Å². The van der Waals surface area contributed by atoms with Gasteiger partial charge in [0.15, 0.2) is 0 Å². The quantitative estimate of drug-likeness (QED) is 0.917. The maximum atomic E-state index is 9.37. The van der Waals surface area contributed by atoms with Gasteiger partial charge in [0.2, 0.25) is 0 Å². The van der Waals surface area contributed by atoms with E-state index in [1.54, 1.807) is 0 Å². The second kappa shape index (κ2) is 6.57. The minimum Gasteiger partial charge on any atom is -0.488 e. The zero-order chi connectivity index (χ0) is 12.8. The number of benzene rings is 2. The maximum absolute atomic E-state index is 9.37. The van der Waals surface area contributed by atoms with Crippen molar-refractivity contribution < 1.29 is 9.84 Å². The molecule has 3 heteroatoms. The van der Waals surface area contributed by atoms with Gasteiger partial charge in [-0.05, 0) is 29.8 Å².